The molecule has 132 valence electrons. The normalized spacial score (nSPS) is 11.3. The van der Waals surface area contributed by atoms with E-state index in [-0.39, 0.29) is 17.9 Å². The first-order valence-corrected chi connectivity index (χ1v) is 7.46. The van der Waals surface area contributed by atoms with Crippen LogP contribution >= 0.6 is 0 Å². The fourth-order valence-electron chi connectivity index (χ4n) is 2.62. The molecule has 0 unspecified atom stereocenters. The van der Waals surface area contributed by atoms with Crippen LogP contribution in [-0.2, 0) is 11.3 Å². The lowest BCUT2D eigenvalue weighted by atomic mass is 9.94. The van der Waals surface area contributed by atoms with Gasteiger partial charge in [0.2, 0.25) is 0 Å². The van der Waals surface area contributed by atoms with Crippen LogP contribution in [0.25, 0.3) is 11.1 Å². The predicted molar refractivity (Wildman–Crippen MR) is 89.6 cm³/mol. The van der Waals surface area contributed by atoms with Crippen LogP contribution in [-0.4, -0.2) is 31.6 Å². The van der Waals surface area contributed by atoms with Gasteiger partial charge in [-0.25, -0.2) is 4.79 Å². The summed E-state index contributed by atoms with van der Waals surface area (Å²) in [7, 11) is 0. The molecule has 2 aromatic rings. The van der Waals surface area contributed by atoms with E-state index in [1.807, 2.05) is 0 Å². The number of rotatable bonds is 6. The molecule has 2 N–H and O–H groups in total. The van der Waals surface area contributed by atoms with E-state index in [2.05, 4.69) is 0 Å². The number of non-ortho nitro benzene ring substituents is 1. The van der Waals surface area contributed by atoms with Gasteiger partial charge in [-0.05, 0) is 44.0 Å². The number of benzene rings is 1. The van der Waals surface area contributed by atoms with Crippen molar-refractivity contribution in [2.24, 2.45) is 5.41 Å². The Bertz CT molecular complexity index is 849. The number of hydrogen-bond donors (Lipinski definition) is 2. The number of carbonyl (C=O) groups is 2. The van der Waals surface area contributed by atoms with Crippen molar-refractivity contribution in [1.82, 2.24) is 4.57 Å². The summed E-state index contributed by atoms with van der Waals surface area (Å²) in [6, 6.07) is 5.76. The second kappa shape index (κ2) is 6.39. The molecule has 0 bridgehead atoms. The molecule has 8 heteroatoms. The summed E-state index contributed by atoms with van der Waals surface area (Å²) in [5.41, 5.74) is 0.477. The number of nitro benzene ring substituents is 1. The molecule has 1 aromatic heterocycles. The summed E-state index contributed by atoms with van der Waals surface area (Å²) in [4.78, 5) is 33.2. The van der Waals surface area contributed by atoms with Crippen LogP contribution in [0.2, 0.25) is 0 Å². The molecule has 1 heterocycles. The average molecular weight is 346 g/mol. The van der Waals surface area contributed by atoms with Crippen molar-refractivity contribution in [2.75, 3.05) is 0 Å². The van der Waals surface area contributed by atoms with E-state index in [0.717, 1.165) is 0 Å². The van der Waals surface area contributed by atoms with Gasteiger partial charge in [-0.15, -0.1) is 0 Å². The van der Waals surface area contributed by atoms with Crippen LogP contribution in [0.5, 0.6) is 0 Å². The summed E-state index contributed by atoms with van der Waals surface area (Å²) >= 11 is 0. The van der Waals surface area contributed by atoms with E-state index >= 15 is 0 Å². The standard InChI is InChI=1S/C17H18N2O6/c1-10-13(11-4-6-12(7-5-11)19(24)25)8-18(14(10)15(20)21)9-17(2,3)16(22)23/h4-8H,9H2,1-3H3,(H,20,21)(H,22,23). The molecule has 0 aliphatic carbocycles. The summed E-state index contributed by atoms with van der Waals surface area (Å²) in [5, 5.41) is 29.5. The number of carboxylic acid groups (broad SMARTS) is 2. The second-order valence-electron chi connectivity index (χ2n) is 6.44. The molecule has 0 radical (unpaired) electrons. The lowest BCUT2D eigenvalue weighted by molar-refractivity contribution is -0.384. The summed E-state index contributed by atoms with van der Waals surface area (Å²) in [5.74, 6) is -2.20. The monoisotopic (exact) mass is 346 g/mol. The molecular formula is C17H18N2O6. The van der Waals surface area contributed by atoms with Crippen molar-refractivity contribution < 1.29 is 24.7 Å². The molecular weight excluding hydrogens is 328 g/mol. The van der Waals surface area contributed by atoms with Crippen molar-refractivity contribution >= 4 is 17.6 Å². The fourth-order valence-corrected chi connectivity index (χ4v) is 2.62. The maximum Gasteiger partial charge on any atom is 0.352 e. The maximum absolute atomic E-state index is 11.6. The van der Waals surface area contributed by atoms with Gasteiger partial charge in [-0.1, -0.05) is 0 Å². The maximum atomic E-state index is 11.6. The first kappa shape index (κ1) is 18.2. The van der Waals surface area contributed by atoms with Crippen molar-refractivity contribution in [3.05, 3.63) is 51.8 Å². The Balaban J connectivity index is 2.54. The second-order valence-corrected chi connectivity index (χ2v) is 6.44. The van der Waals surface area contributed by atoms with E-state index in [9.17, 15) is 29.9 Å². The van der Waals surface area contributed by atoms with Gasteiger partial charge < -0.3 is 14.8 Å². The van der Waals surface area contributed by atoms with Crippen LogP contribution in [0.4, 0.5) is 5.69 Å². The molecule has 2 rings (SSSR count). The van der Waals surface area contributed by atoms with E-state index in [1.165, 1.54) is 30.5 Å². The number of aromatic nitrogens is 1. The van der Waals surface area contributed by atoms with Crippen LogP contribution in [0.15, 0.2) is 30.5 Å². The molecule has 25 heavy (non-hydrogen) atoms. The lowest BCUT2D eigenvalue weighted by Gasteiger charge is -2.20. The van der Waals surface area contributed by atoms with Crippen molar-refractivity contribution in [3.8, 4) is 11.1 Å². The zero-order valence-electron chi connectivity index (χ0n) is 14.0. The Morgan fingerprint density at radius 3 is 2.20 bits per heavy atom. The van der Waals surface area contributed by atoms with Crippen molar-refractivity contribution in [2.45, 2.75) is 27.3 Å². The van der Waals surface area contributed by atoms with Crippen LogP contribution in [0, 0.1) is 22.5 Å². The highest BCUT2D eigenvalue weighted by Gasteiger charge is 2.30. The zero-order chi connectivity index (χ0) is 18.9. The molecule has 0 fully saturated rings. The molecule has 1 aromatic carbocycles. The first-order chi connectivity index (χ1) is 11.5. The minimum Gasteiger partial charge on any atom is -0.481 e. The summed E-state index contributed by atoms with van der Waals surface area (Å²) in [6.45, 7) is 4.64. The van der Waals surface area contributed by atoms with Gasteiger partial charge >= 0.3 is 11.9 Å². The average Bonchev–Trinajstić information content (AvgIpc) is 2.83. The van der Waals surface area contributed by atoms with Gasteiger partial charge in [-0.3, -0.25) is 14.9 Å². The highest BCUT2D eigenvalue weighted by molar-refractivity contribution is 5.91. The fraction of sp³-hybridized carbons (Fsp3) is 0.294. The van der Waals surface area contributed by atoms with Crippen LogP contribution in [0.3, 0.4) is 0 Å². The van der Waals surface area contributed by atoms with Crippen molar-refractivity contribution in [1.29, 1.82) is 0 Å². The molecule has 8 nitrogen and oxygen atoms in total. The largest absolute Gasteiger partial charge is 0.481 e. The van der Waals surface area contributed by atoms with E-state index in [0.29, 0.717) is 16.7 Å². The topological polar surface area (TPSA) is 123 Å². The van der Waals surface area contributed by atoms with E-state index in [4.69, 9.17) is 0 Å². The first-order valence-electron chi connectivity index (χ1n) is 7.46. The number of nitro groups is 1. The third kappa shape index (κ3) is 3.52. The minimum absolute atomic E-state index is 0.00248. The third-order valence-corrected chi connectivity index (χ3v) is 4.07. The summed E-state index contributed by atoms with van der Waals surface area (Å²) < 4.78 is 1.41. The van der Waals surface area contributed by atoms with Gasteiger partial charge in [0.05, 0.1) is 10.3 Å². The molecule has 0 atom stereocenters. The minimum atomic E-state index is -1.16. The van der Waals surface area contributed by atoms with Gasteiger partial charge in [0.1, 0.15) is 5.69 Å². The third-order valence-electron chi connectivity index (χ3n) is 4.07. The molecule has 0 aliphatic rings. The quantitative estimate of drug-likeness (QED) is 0.612. The zero-order valence-corrected chi connectivity index (χ0v) is 14.0. The van der Waals surface area contributed by atoms with Crippen LogP contribution in [0.1, 0.15) is 29.9 Å². The SMILES string of the molecule is Cc1c(-c2ccc([N+](=O)[O-])cc2)cn(CC(C)(C)C(=O)O)c1C(=O)O. The summed E-state index contributed by atoms with van der Waals surface area (Å²) in [6.07, 6.45) is 1.57. The molecule has 0 saturated carbocycles. The number of aromatic carboxylic acids is 1. The van der Waals surface area contributed by atoms with Gasteiger partial charge in [0.15, 0.2) is 0 Å². The highest BCUT2D eigenvalue weighted by Crippen LogP contribution is 2.31. The number of carboxylic acids is 2. The van der Waals surface area contributed by atoms with E-state index in [1.54, 1.807) is 25.3 Å². The Hall–Kier alpha value is -3.16. The Morgan fingerprint density at radius 2 is 1.76 bits per heavy atom. The Kier molecular flexibility index (Phi) is 4.64. The van der Waals surface area contributed by atoms with Crippen LogP contribution < -0.4 is 0 Å². The smallest absolute Gasteiger partial charge is 0.352 e. The Morgan fingerprint density at radius 1 is 1.20 bits per heavy atom. The molecule has 0 amide bonds. The highest BCUT2D eigenvalue weighted by atomic mass is 16.6. The number of hydrogen-bond acceptors (Lipinski definition) is 4. The van der Waals surface area contributed by atoms with Gasteiger partial charge in [-0.2, -0.15) is 0 Å². The van der Waals surface area contributed by atoms with E-state index < -0.39 is 22.3 Å². The molecule has 0 aliphatic heterocycles. The van der Waals surface area contributed by atoms with Crippen molar-refractivity contribution in [3.63, 3.8) is 0 Å². The van der Waals surface area contributed by atoms with Gasteiger partial charge in [0.25, 0.3) is 5.69 Å². The van der Waals surface area contributed by atoms with Gasteiger partial charge in [0, 0.05) is 30.4 Å². The molecule has 0 saturated heterocycles. The molecule has 0 spiro atoms. The Labute approximate surface area is 143 Å². The number of aliphatic carboxylic acids is 1. The lowest BCUT2D eigenvalue weighted by Crippen LogP contribution is -2.30. The predicted octanol–water partition coefficient (Wildman–Crippen LogP) is 3.18. The number of nitrogens with zero attached hydrogens (tertiary/aromatic N) is 2.